The Morgan fingerprint density at radius 1 is 1.38 bits per heavy atom. The second-order valence-corrected chi connectivity index (χ2v) is 4.74. The van der Waals surface area contributed by atoms with E-state index in [2.05, 4.69) is 16.0 Å². The molecule has 0 fully saturated rings. The molecule has 0 aliphatic carbocycles. The van der Waals surface area contributed by atoms with Crippen LogP contribution in [0.4, 0.5) is 0 Å². The number of fused-ring (bicyclic) bond motifs is 3. The Balaban J connectivity index is 2.22. The minimum absolute atomic E-state index is 0.156. The molecule has 1 unspecified atom stereocenters. The van der Waals surface area contributed by atoms with E-state index in [1.165, 1.54) is 7.11 Å². The van der Waals surface area contributed by atoms with Gasteiger partial charge in [-0.1, -0.05) is 0 Å². The summed E-state index contributed by atoms with van der Waals surface area (Å²) in [5.41, 5.74) is 2.00. The highest BCUT2D eigenvalue weighted by Gasteiger charge is 2.29. The maximum absolute atomic E-state index is 12.2. The molecule has 1 N–H and O–H groups in total. The third-order valence-corrected chi connectivity index (χ3v) is 3.61. The number of aliphatic imine (C=N–C) groups is 1. The summed E-state index contributed by atoms with van der Waals surface area (Å²) in [4.78, 5) is 19.2. The van der Waals surface area contributed by atoms with Gasteiger partial charge in [0, 0.05) is 10.9 Å². The Morgan fingerprint density at radius 2 is 2.19 bits per heavy atom. The van der Waals surface area contributed by atoms with Gasteiger partial charge in [0.15, 0.2) is 0 Å². The zero-order valence-corrected chi connectivity index (χ0v) is 11.6. The molecule has 21 heavy (non-hydrogen) atoms. The van der Waals surface area contributed by atoms with Gasteiger partial charge < -0.3 is 14.5 Å². The second-order valence-electron chi connectivity index (χ2n) is 4.74. The van der Waals surface area contributed by atoms with Gasteiger partial charge in [-0.15, -0.1) is 0 Å². The molecule has 1 aliphatic heterocycles. The van der Waals surface area contributed by atoms with Crippen molar-refractivity contribution in [2.24, 2.45) is 10.9 Å². The van der Waals surface area contributed by atoms with E-state index in [0.717, 1.165) is 16.5 Å². The van der Waals surface area contributed by atoms with Crippen molar-refractivity contribution in [3.63, 3.8) is 0 Å². The van der Waals surface area contributed by atoms with Gasteiger partial charge in [0.25, 0.3) is 5.91 Å². The Bertz CT molecular complexity index is 798. The Kier molecular flexibility index (Phi) is 3.10. The first kappa shape index (κ1) is 13.2. The van der Waals surface area contributed by atoms with E-state index in [1.807, 2.05) is 18.2 Å². The van der Waals surface area contributed by atoms with Crippen LogP contribution in [0.2, 0.25) is 0 Å². The number of hydrogen-bond donors (Lipinski definition) is 1. The minimum Gasteiger partial charge on any atom is -0.497 e. The van der Waals surface area contributed by atoms with Crippen LogP contribution in [0.25, 0.3) is 10.9 Å². The summed E-state index contributed by atoms with van der Waals surface area (Å²) in [5.74, 6) is -0.147. The van der Waals surface area contributed by atoms with Crippen LogP contribution >= 0.6 is 0 Å². The molecule has 6 nitrogen and oxygen atoms in total. The average molecular weight is 283 g/mol. The van der Waals surface area contributed by atoms with Crippen LogP contribution in [0.15, 0.2) is 23.2 Å². The van der Waals surface area contributed by atoms with Gasteiger partial charge >= 0.3 is 0 Å². The van der Waals surface area contributed by atoms with Gasteiger partial charge in [0.05, 0.1) is 20.3 Å². The molecule has 0 radical (unpaired) electrons. The summed E-state index contributed by atoms with van der Waals surface area (Å²) in [7, 11) is 3.00. The molecule has 0 saturated heterocycles. The molecule has 1 aromatic heterocycles. The number of hydrogen-bond acceptors (Lipinski definition) is 4. The van der Waals surface area contributed by atoms with Gasteiger partial charge in [-0.05, 0) is 30.2 Å². The number of methoxy groups -OCH3 is 2. The summed E-state index contributed by atoms with van der Waals surface area (Å²) in [5, 5.41) is 10.1. The van der Waals surface area contributed by atoms with E-state index in [9.17, 15) is 10.1 Å². The first-order chi connectivity index (χ1) is 10.2. The number of carbonyl (C=O) groups excluding carboxylic acids is 1. The standard InChI is InChI=1S/C15H13N3O3/c1-20-9-3-4-12-10(6-9)11-5-8(7-16)15(21-2)18-14(19)13(11)17-12/h3-4,6,8,17H,5H2,1-2H3. The van der Waals surface area contributed by atoms with Crippen LogP contribution in [0.1, 0.15) is 16.1 Å². The van der Waals surface area contributed by atoms with E-state index in [0.29, 0.717) is 17.9 Å². The minimum atomic E-state index is -0.578. The molecule has 2 aromatic rings. The van der Waals surface area contributed by atoms with Crippen LogP contribution in [0.5, 0.6) is 5.75 Å². The van der Waals surface area contributed by atoms with Crippen molar-refractivity contribution in [3.05, 3.63) is 29.5 Å². The Hall–Kier alpha value is -2.81. The van der Waals surface area contributed by atoms with Crippen molar-refractivity contribution in [1.82, 2.24) is 4.98 Å². The molecule has 1 aromatic carbocycles. The highest BCUT2D eigenvalue weighted by Crippen LogP contribution is 2.31. The van der Waals surface area contributed by atoms with E-state index in [-0.39, 0.29) is 5.90 Å². The summed E-state index contributed by atoms with van der Waals surface area (Å²) in [6, 6.07) is 7.65. The Morgan fingerprint density at radius 3 is 2.86 bits per heavy atom. The van der Waals surface area contributed by atoms with E-state index in [1.54, 1.807) is 7.11 Å². The lowest BCUT2D eigenvalue weighted by Crippen LogP contribution is -2.16. The zero-order valence-electron chi connectivity index (χ0n) is 11.6. The predicted octanol–water partition coefficient (Wildman–Crippen LogP) is 2.06. The maximum atomic E-state index is 12.2. The first-order valence-corrected chi connectivity index (χ1v) is 6.43. The lowest BCUT2D eigenvalue weighted by molar-refractivity contribution is 0.0996. The fourth-order valence-corrected chi connectivity index (χ4v) is 2.56. The van der Waals surface area contributed by atoms with Gasteiger partial charge in [-0.25, -0.2) is 0 Å². The molecular formula is C15H13N3O3. The van der Waals surface area contributed by atoms with E-state index < -0.39 is 11.8 Å². The van der Waals surface area contributed by atoms with E-state index >= 15 is 0 Å². The number of carbonyl (C=O) groups is 1. The largest absolute Gasteiger partial charge is 0.497 e. The molecule has 0 spiro atoms. The SMILES string of the molecule is COC1=NC(=O)c2[nH]c3ccc(OC)cc3c2CC1C#N. The third kappa shape index (κ3) is 2.03. The van der Waals surface area contributed by atoms with Crippen molar-refractivity contribution < 1.29 is 14.3 Å². The lowest BCUT2D eigenvalue weighted by atomic mass is 9.98. The number of H-pyrrole nitrogens is 1. The number of benzene rings is 1. The number of aromatic nitrogens is 1. The molecule has 1 atom stereocenters. The second kappa shape index (κ2) is 4.94. The predicted molar refractivity (Wildman–Crippen MR) is 76.4 cm³/mol. The monoisotopic (exact) mass is 283 g/mol. The highest BCUT2D eigenvalue weighted by atomic mass is 16.5. The molecule has 1 amide bonds. The summed E-state index contributed by atoms with van der Waals surface area (Å²) >= 11 is 0. The first-order valence-electron chi connectivity index (χ1n) is 6.43. The number of aromatic amines is 1. The number of amides is 1. The van der Waals surface area contributed by atoms with Gasteiger partial charge in [-0.3, -0.25) is 4.79 Å². The number of rotatable bonds is 1. The third-order valence-electron chi connectivity index (χ3n) is 3.61. The van der Waals surface area contributed by atoms with Gasteiger partial charge in [-0.2, -0.15) is 10.3 Å². The normalized spacial score (nSPS) is 17.7. The number of nitrogens with zero attached hydrogens (tertiary/aromatic N) is 2. The molecule has 106 valence electrons. The van der Waals surface area contributed by atoms with E-state index in [4.69, 9.17) is 9.47 Å². The molecule has 3 rings (SSSR count). The van der Waals surface area contributed by atoms with Gasteiger partial charge in [0.2, 0.25) is 5.90 Å². The lowest BCUT2D eigenvalue weighted by Gasteiger charge is -2.08. The molecule has 0 bridgehead atoms. The maximum Gasteiger partial charge on any atom is 0.296 e. The van der Waals surface area contributed by atoms with Crippen LogP contribution in [0.3, 0.4) is 0 Å². The van der Waals surface area contributed by atoms with Crippen molar-refractivity contribution in [3.8, 4) is 11.8 Å². The molecule has 6 heteroatoms. The topological polar surface area (TPSA) is 87.5 Å². The van der Waals surface area contributed by atoms with Crippen molar-refractivity contribution >= 4 is 22.7 Å². The number of nitrogens with one attached hydrogen (secondary N) is 1. The molecular weight excluding hydrogens is 270 g/mol. The average Bonchev–Trinajstić information content (AvgIpc) is 2.81. The van der Waals surface area contributed by atoms with Crippen molar-refractivity contribution in [1.29, 1.82) is 5.26 Å². The summed E-state index contributed by atoms with van der Waals surface area (Å²) < 4.78 is 10.3. The van der Waals surface area contributed by atoms with Crippen LogP contribution in [-0.2, 0) is 11.2 Å². The van der Waals surface area contributed by atoms with Gasteiger partial charge in [0.1, 0.15) is 17.4 Å². The smallest absolute Gasteiger partial charge is 0.296 e. The summed E-state index contributed by atoms with van der Waals surface area (Å²) in [6.45, 7) is 0. The fraction of sp³-hybridized carbons (Fsp3) is 0.267. The van der Waals surface area contributed by atoms with Crippen LogP contribution < -0.4 is 4.74 Å². The van der Waals surface area contributed by atoms with Crippen LogP contribution in [0, 0.1) is 17.2 Å². The van der Waals surface area contributed by atoms with Crippen molar-refractivity contribution in [2.75, 3.05) is 14.2 Å². The fourth-order valence-electron chi connectivity index (χ4n) is 2.56. The quantitative estimate of drug-likeness (QED) is 0.867. The molecule has 0 saturated carbocycles. The van der Waals surface area contributed by atoms with Crippen molar-refractivity contribution in [2.45, 2.75) is 6.42 Å². The highest BCUT2D eigenvalue weighted by molar-refractivity contribution is 6.08. The number of nitriles is 1. The summed E-state index contributed by atoms with van der Waals surface area (Å²) in [6.07, 6.45) is 0.372. The zero-order chi connectivity index (χ0) is 15.0. The molecule has 2 heterocycles. The Labute approximate surface area is 121 Å². The molecule has 1 aliphatic rings. The number of ether oxygens (including phenoxy) is 2. The van der Waals surface area contributed by atoms with Crippen LogP contribution in [-0.4, -0.2) is 31.0 Å².